The van der Waals surface area contributed by atoms with E-state index >= 15 is 0 Å². The number of hydrogen-bond donors (Lipinski definition) is 5. The average Bonchev–Trinajstić information content (AvgIpc) is 3.79. The monoisotopic (exact) mass is 551 g/mol. The Kier molecular flexibility index (Phi) is 6.71. The molecule has 3 aromatic rings. The molecule has 3 aromatic heterocycles. The van der Waals surface area contributed by atoms with Gasteiger partial charge in [0.25, 0.3) is 0 Å². The van der Waals surface area contributed by atoms with Crippen LogP contribution >= 0.6 is 11.3 Å². The number of thiazole rings is 1. The molecule has 6 rings (SSSR count). The van der Waals surface area contributed by atoms with Crippen molar-refractivity contribution in [1.82, 2.24) is 25.3 Å². The first-order valence-corrected chi connectivity index (χ1v) is 14.7. The van der Waals surface area contributed by atoms with Crippen molar-refractivity contribution in [3.8, 4) is 10.6 Å². The number of aliphatic hydroxyl groups is 2. The van der Waals surface area contributed by atoms with Gasteiger partial charge in [-0.25, -0.2) is 9.97 Å². The van der Waals surface area contributed by atoms with E-state index in [-0.39, 0.29) is 12.3 Å². The molecule has 0 radical (unpaired) electrons. The van der Waals surface area contributed by atoms with E-state index in [2.05, 4.69) is 20.9 Å². The minimum atomic E-state index is -1.18. The molecular weight excluding hydrogens is 514 g/mol. The Morgan fingerprint density at radius 2 is 1.87 bits per heavy atom. The lowest BCUT2D eigenvalue weighted by atomic mass is 10.0. The normalized spacial score (nSPS) is 25.2. The first-order valence-electron chi connectivity index (χ1n) is 13.9. The second-order valence-electron chi connectivity index (χ2n) is 12.3. The topological polar surface area (TPSA) is 145 Å². The lowest BCUT2D eigenvalue weighted by Gasteiger charge is -2.24. The fourth-order valence-corrected chi connectivity index (χ4v) is 6.35. The molecule has 208 valence electrons. The van der Waals surface area contributed by atoms with Gasteiger partial charge in [0.15, 0.2) is 0 Å². The van der Waals surface area contributed by atoms with Crippen LogP contribution in [0.1, 0.15) is 70.2 Å². The van der Waals surface area contributed by atoms with E-state index in [9.17, 15) is 15.0 Å². The number of nitrogens with zero attached hydrogens (tertiary/aromatic N) is 4. The number of aryl methyl sites for hydroxylation is 1. The number of amides is 1. The van der Waals surface area contributed by atoms with Gasteiger partial charge in [-0.1, -0.05) is 0 Å². The second kappa shape index (κ2) is 9.94. The lowest BCUT2D eigenvalue weighted by molar-refractivity contribution is -0.130. The van der Waals surface area contributed by atoms with Gasteiger partial charge in [-0.2, -0.15) is 4.98 Å². The minimum absolute atomic E-state index is 0.268. The highest BCUT2D eigenvalue weighted by Crippen LogP contribution is 2.44. The standard InChI is InChI=1S/C28H37N7O3S/c1-13-19(26-33-21-18(39-26)9-10-29-20(21)15-7-8-15)24(34-27(31-13)30-12-14-5-6-14)32-17-11-16(22(36)23(17)37)25(38)35-28(2,3)4/h9-10,14-17,22-23,36-37H,5-8,11-12H2,1-4H3,(H,35,38)(H2,30,31,32,34)/t16-,17+,22+,23-/m0/s1. The minimum Gasteiger partial charge on any atom is -0.390 e. The van der Waals surface area contributed by atoms with Gasteiger partial charge in [-0.05, 0) is 71.8 Å². The molecule has 0 unspecified atom stereocenters. The van der Waals surface area contributed by atoms with E-state index in [1.807, 2.05) is 40.0 Å². The summed E-state index contributed by atoms with van der Waals surface area (Å²) in [7, 11) is 0. The van der Waals surface area contributed by atoms with Gasteiger partial charge in [-0.3, -0.25) is 9.78 Å². The molecule has 3 fully saturated rings. The van der Waals surface area contributed by atoms with E-state index < -0.39 is 29.7 Å². The third kappa shape index (κ3) is 5.57. The maximum atomic E-state index is 12.9. The van der Waals surface area contributed by atoms with Crippen molar-refractivity contribution in [2.24, 2.45) is 11.8 Å². The van der Waals surface area contributed by atoms with Crippen LogP contribution in [0.4, 0.5) is 11.8 Å². The summed E-state index contributed by atoms with van der Waals surface area (Å²) in [6.45, 7) is 8.44. The zero-order valence-corrected chi connectivity index (χ0v) is 23.7. The van der Waals surface area contributed by atoms with Crippen molar-refractivity contribution in [2.45, 2.75) is 89.5 Å². The number of carbonyl (C=O) groups is 1. The van der Waals surface area contributed by atoms with Crippen LogP contribution in [-0.4, -0.2) is 66.4 Å². The molecule has 1 amide bonds. The maximum absolute atomic E-state index is 12.9. The Bertz CT molecular complexity index is 1400. The van der Waals surface area contributed by atoms with Crippen molar-refractivity contribution in [3.63, 3.8) is 0 Å². The molecule has 0 saturated heterocycles. The maximum Gasteiger partial charge on any atom is 0.226 e. The van der Waals surface area contributed by atoms with Gasteiger partial charge in [0.1, 0.15) is 22.4 Å². The number of pyridine rings is 1. The zero-order chi connectivity index (χ0) is 27.5. The van der Waals surface area contributed by atoms with Gasteiger partial charge in [0.2, 0.25) is 11.9 Å². The van der Waals surface area contributed by atoms with Crippen molar-refractivity contribution in [1.29, 1.82) is 0 Å². The Hall–Kier alpha value is -2.89. The quantitative estimate of drug-likeness (QED) is 0.283. The van der Waals surface area contributed by atoms with Crippen molar-refractivity contribution in [2.75, 3.05) is 17.2 Å². The molecular formula is C28H37N7O3S. The van der Waals surface area contributed by atoms with Crippen molar-refractivity contribution in [3.05, 3.63) is 23.7 Å². The number of aliphatic hydroxyl groups excluding tert-OH is 2. The van der Waals surface area contributed by atoms with E-state index in [4.69, 9.17) is 15.0 Å². The molecule has 5 N–H and O–H groups in total. The van der Waals surface area contributed by atoms with E-state index in [0.29, 0.717) is 23.6 Å². The van der Waals surface area contributed by atoms with Crippen molar-refractivity contribution < 1.29 is 15.0 Å². The highest BCUT2D eigenvalue weighted by molar-refractivity contribution is 7.21. The number of anilines is 2. The number of aromatic nitrogens is 4. The first kappa shape index (κ1) is 26.3. The van der Waals surface area contributed by atoms with E-state index in [0.717, 1.165) is 51.6 Å². The molecule has 0 aromatic carbocycles. The van der Waals surface area contributed by atoms with Crippen LogP contribution in [0.2, 0.25) is 0 Å². The summed E-state index contributed by atoms with van der Waals surface area (Å²) in [5.41, 5.74) is 3.07. The predicted octanol–water partition coefficient (Wildman–Crippen LogP) is 3.59. The second-order valence-corrected chi connectivity index (χ2v) is 13.4. The van der Waals surface area contributed by atoms with E-state index in [1.165, 1.54) is 12.8 Å². The molecule has 39 heavy (non-hydrogen) atoms. The molecule has 10 nitrogen and oxygen atoms in total. The lowest BCUT2D eigenvalue weighted by Crippen LogP contribution is -2.46. The fraction of sp³-hybridized carbons (Fsp3) is 0.607. The third-order valence-electron chi connectivity index (χ3n) is 7.69. The van der Waals surface area contributed by atoms with Gasteiger partial charge < -0.3 is 26.2 Å². The SMILES string of the molecule is Cc1nc(NCC2CC2)nc(N[C@@H]2C[C@H](C(=O)NC(C)(C)C)[C@@H](O)[C@H]2O)c1-c1nc2c(C3CC3)nccc2s1. The molecule has 3 aliphatic rings. The molecule has 3 aliphatic carbocycles. The van der Waals surface area contributed by atoms with Crippen LogP contribution in [-0.2, 0) is 4.79 Å². The Balaban J connectivity index is 1.34. The summed E-state index contributed by atoms with van der Waals surface area (Å²) in [6, 6.07) is 1.42. The van der Waals surface area contributed by atoms with Crippen LogP contribution in [0.15, 0.2) is 12.3 Å². The van der Waals surface area contributed by atoms with Crippen LogP contribution in [0.25, 0.3) is 20.8 Å². The summed E-state index contributed by atoms with van der Waals surface area (Å²) in [5, 5.41) is 32.2. The summed E-state index contributed by atoms with van der Waals surface area (Å²) < 4.78 is 1.07. The average molecular weight is 552 g/mol. The van der Waals surface area contributed by atoms with Crippen LogP contribution in [0.3, 0.4) is 0 Å². The summed E-state index contributed by atoms with van der Waals surface area (Å²) in [4.78, 5) is 32.1. The van der Waals surface area contributed by atoms with E-state index in [1.54, 1.807) is 11.3 Å². The van der Waals surface area contributed by atoms with Gasteiger partial charge in [0.05, 0.1) is 39.7 Å². The molecule has 3 saturated carbocycles. The number of rotatable bonds is 8. The summed E-state index contributed by atoms with van der Waals surface area (Å²) >= 11 is 1.58. The number of fused-ring (bicyclic) bond motifs is 1. The summed E-state index contributed by atoms with van der Waals surface area (Å²) in [6.07, 6.45) is 4.51. The molecule has 0 spiro atoms. The van der Waals surface area contributed by atoms with Crippen LogP contribution in [0.5, 0.6) is 0 Å². The molecule has 11 heteroatoms. The van der Waals surface area contributed by atoms with Crippen LogP contribution in [0, 0.1) is 18.8 Å². The molecule has 0 aliphatic heterocycles. The number of carbonyl (C=O) groups excluding carboxylic acids is 1. The number of nitrogens with one attached hydrogen (secondary N) is 3. The fourth-order valence-electron chi connectivity index (χ4n) is 5.28. The summed E-state index contributed by atoms with van der Waals surface area (Å²) in [5.74, 6) is 1.17. The molecule has 0 bridgehead atoms. The highest BCUT2D eigenvalue weighted by atomic mass is 32.1. The Morgan fingerprint density at radius 1 is 1.10 bits per heavy atom. The third-order valence-corrected chi connectivity index (χ3v) is 8.73. The predicted molar refractivity (Wildman–Crippen MR) is 152 cm³/mol. The van der Waals surface area contributed by atoms with Gasteiger partial charge in [0, 0.05) is 24.2 Å². The zero-order valence-electron chi connectivity index (χ0n) is 22.9. The smallest absolute Gasteiger partial charge is 0.226 e. The number of hydrogen-bond acceptors (Lipinski definition) is 10. The first-order chi connectivity index (χ1) is 18.6. The highest BCUT2D eigenvalue weighted by Gasteiger charge is 2.46. The van der Waals surface area contributed by atoms with Gasteiger partial charge in [-0.15, -0.1) is 11.3 Å². The Morgan fingerprint density at radius 3 is 2.56 bits per heavy atom. The largest absolute Gasteiger partial charge is 0.390 e. The van der Waals surface area contributed by atoms with Crippen LogP contribution < -0.4 is 16.0 Å². The van der Waals surface area contributed by atoms with Crippen molar-refractivity contribution >= 4 is 39.2 Å². The Labute approximate surface area is 232 Å². The molecule has 3 heterocycles. The molecule has 4 atom stereocenters. The van der Waals surface area contributed by atoms with Gasteiger partial charge >= 0.3 is 0 Å².